The van der Waals surface area contributed by atoms with E-state index < -0.39 is 0 Å². The molecule has 4 nitrogen and oxygen atoms in total. The molecule has 0 aromatic heterocycles. The summed E-state index contributed by atoms with van der Waals surface area (Å²) in [6.07, 6.45) is 0. The third kappa shape index (κ3) is 4.02. The van der Waals surface area contributed by atoms with E-state index in [4.69, 9.17) is 4.74 Å². The van der Waals surface area contributed by atoms with Crippen LogP contribution in [0.4, 0.5) is 10.5 Å². The number of aryl methyl sites for hydroxylation is 2. The van der Waals surface area contributed by atoms with E-state index in [0.29, 0.717) is 0 Å². The van der Waals surface area contributed by atoms with Crippen molar-refractivity contribution in [2.75, 3.05) is 12.0 Å². The van der Waals surface area contributed by atoms with Crippen molar-refractivity contribution in [3.63, 3.8) is 0 Å². The van der Waals surface area contributed by atoms with Crippen LogP contribution in [0, 0.1) is 13.8 Å². The average Bonchev–Trinajstić information content (AvgIpc) is 2.44. The standard InChI is InChI=1S/C16H18N2O2/c1-12-8-9-14(10-13(12)2)18-16(19)17-11-20-15-6-4-3-5-7-15/h3-10H,11H2,1-2H3,(H2,17,18,19). The predicted octanol–water partition coefficient (Wildman–Crippen LogP) is 3.46. The average molecular weight is 270 g/mol. The maximum atomic E-state index is 11.7. The third-order valence-electron chi connectivity index (χ3n) is 2.98. The van der Waals surface area contributed by atoms with Gasteiger partial charge in [-0.1, -0.05) is 24.3 Å². The minimum absolute atomic E-state index is 0.126. The molecule has 2 N–H and O–H groups in total. The maximum Gasteiger partial charge on any atom is 0.321 e. The monoisotopic (exact) mass is 270 g/mol. The summed E-state index contributed by atoms with van der Waals surface area (Å²) in [7, 11) is 0. The molecule has 0 unspecified atom stereocenters. The van der Waals surface area contributed by atoms with Gasteiger partial charge in [0.15, 0.2) is 6.73 Å². The predicted molar refractivity (Wildman–Crippen MR) is 80.0 cm³/mol. The summed E-state index contributed by atoms with van der Waals surface area (Å²) in [4.78, 5) is 11.7. The molecule has 2 aromatic carbocycles. The molecule has 2 rings (SSSR count). The van der Waals surface area contributed by atoms with Crippen molar-refractivity contribution in [2.24, 2.45) is 0 Å². The molecule has 20 heavy (non-hydrogen) atoms. The van der Waals surface area contributed by atoms with Crippen LogP contribution >= 0.6 is 0 Å². The van der Waals surface area contributed by atoms with Gasteiger partial charge in [-0.3, -0.25) is 0 Å². The summed E-state index contributed by atoms with van der Waals surface area (Å²) >= 11 is 0. The fraction of sp³-hybridized carbons (Fsp3) is 0.188. The van der Waals surface area contributed by atoms with Crippen molar-refractivity contribution in [3.8, 4) is 5.75 Å². The lowest BCUT2D eigenvalue weighted by molar-refractivity contribution is 0.234. The van der Waals surface area contributed by atoms with Crippen LogP contribution in [0.2, 0.25) is 0 Å². The molecular formula is C16H18N2O2. The lowest BCUT2D eigenvalue weighted by Gasteiger charge is -2.10. The van der Waals surface area contributed by atoms with Crippen LogP contribution in [0.1, 0.15) is 11.1 Å². The van der Waals surface area contributed by atoms with Crippen molar-refractivity contribution < 1.29 is 9.53 Å². The first-order valence-corrected chi connectivity index (χ1v) is 6.45. The Kier molecular flexibility index (Phi) is 4.60. The zero-order chi connectivity index (χ0) is 14.4. The largest absolute Gasteiger partial charge is 0.473 e. The Hall–Kier alpha value is -2.49. The number of amides is 2. The van der Waals surface area contributed by atoms with Gasteiger partial charge in [0.1, 0.15) is 5.75 Å². The summed E-state index contributed by atoms with van der Waals surface area (Å²) in [6, 6.07) is 14.8. The van der Waals surface area contributed by atoms with Gasteiger partial charge in [-0.05, 0) is 49.2 Å². The Morgan fingerprint density at radius 1 is 1.05 bits per heavy atom. The molecule has 0 aliphatic heterocycles. The first-order chi connectivity index (χ1) is 9.65. The number of rotatable bonds is 4. The molecule has 0 heterocycles. The molecule has 0 aliphatic rings. The van der Waals surface area contributed by atoms with Gasteiger partial charge in [0, 0.05) is 5.69 Å². The van der Waals surface area contributed by atoms with E-state index in [9.17, 15) is 4.79 Å². The van der Waals surface area contributed by atoms with Crippen LogP contribution < -0.4 is 15.4 Å². The van der Waals surface area contributed by atoms with E-state index in [1.54, 1.807) is 0 Å². The van der Waals surface area contributed by atoms with E-state index in [0.717, 1.165) is 17.0 Å². The Bertz CT molecular complexity index is 582. The number of para-hydroxylation sites is 1. The molecule has 0 spiro atoms. The van der Waals surface area contributed by atoms with Crippen molar-refractivity contribution >= 4 is 11.7 Å². The summed E-state index contributed by atoms with van der Waals surface area (Å²) in [5, 5.41) is 5.41. The van der Waals surface area contributed by atoms with Crippen LogP contribution in [-0.2, 0) is 0 Å². The first kappa shape index (κ1) is 13.9. The number of urea groups is 1. The highest BCUT2D eigenvalue weighted by Crippen LogP contribution is 2.13. The Morgan fingerprint density at radius 2 is 1.80 bits per heavy atom. The van der Waals surface area contributed by atoms with Crippen molar-refractivity contribution in [1.29, 1.82) is 0 Å². The molecule has 2 amide bonds. The van der Waals surface area contributed by atoms with Gasteiger partial charge in [0.2, 0.25) is 0 Å². The van der Waals surface area contributed by atoms with E-state index in [1.807, 2.05) is 62.4 Å². The smallest absolute Gasteiger partial charge is 0.321 e. The number of anilines is 1. The quantitative estimate of drug-likeness (QED) is 0.836. The number of nitrogens with one attached hydrogen (secondary N) is 2. The molecule has 0 radical (unpaired) electrons. The van der Waals surface area contributed by atoms with Crippen LogP contribution in [0.3, 0.4) is 0 Å². The van der Waals surface area contributed by atoms with Crippen LogP contribution in [0.15, 0.2) is 48.5 Å². The van der Waals surface area contributed by atoms with E-state index in [1.165, 1.54) is 5.56 Å². The van der Waals surface area contributed by atoms with Crippen molar-refractivity contribution in [1.82, 2.24) is 5.32 Å². The normalized spacial score (nSPS) is 9.90. The van der Waals surface area contributed by atoms with Gasteiger partial charge in [-0.15, -0.1) is 0 Å². The number of carbonyl (C=O) groups is 1. The second kappa shape index (κ2) is 6.61. The van der Waals surface area contributed by atoms with Crippen molar-refractivity contribution in [2.45, 2.75) is 13.8 Å². The van der Waals surface area contributed by atoms with E-state index in [2.05, 4.69) is 10.6 Å². The van der Waals surface area contributed by atoms with Gasteiger partial charge < -0.3 is 15.4 Å². The van der Waals surface area contributed by atoms with Gasteiger partial charge >= 0.3 is 6.03 Å². The van der Waals surface area contributed by atoms with Gasteiger partial charge in [0.25, 0.3) is 0 Å². The van der Waals surface area contributed by atoms with Crippen LogP contribution in [0.25, 0.3) is 0 Å². The van der Waals surface area contributed by atoms with Gasteiger partial charge in [0.05, 0.1) is 0 Å². The Labute approximate surface area is 118 Å². The Morgan fingerprint density at radius 3 is 2.50 bits per heavy atom. The molecule has 0 saturated carbocycles. The second-order valence-electron chi connectivity index (χ2n) is 4.53. The van der Waals surface area contributed by atoms with E-state index in [-0.39, 0.29) is 12.8 Å². The molecule has 2 aromatic rings. The van der Waals surface area contributed by atoms with Crippen molar-refractivity contribution in [3.05, 3.63) is 59.7 Å². The Balaban J connectivity index is 1.79. The van der Waals surface area contributed by atoms with E-state index >= 15 is 0 Å². The highest BCUT2D eigenvalue weighted by molar-refractivity contribution is 5.89. The number of benzene rings is 2. The maximum absolute atomic E-state index is 11.7. The number of ether oxygens (including phenoxy) is 1. The highest BCUT2D eigenvalue weighted by Gasteiger charge is 2.02. The van der Waals surface area contributed by atoms with Crippen LogP contribution in [-0.4, -0.2) is 12.8 Å². The number of hydrogen-bond acceptors (Lipinski definition) is 2. The summed E-state index contributed by atoms with van der Waals surface area (Å²) in [6.45, 7) is 4.17. The highest BCUT2D eigenvalue weighted by atomic mass is 16.5. The molecule has 0 aliphatic carbocycles. The minimum Gasteiger partial charge on any atom is -0.473 e. The first-order valence-electron chi connectivity index (χ1n) is 6.45. The third-order valence-corrected chi connectivity index (χ3v) is 2.98. The fourth-order valence-electron chi connectivity index (χ4n) is 1.70. The SMILES string of the molecule is Cc1ccc(NC(=O)NCOc2ccccc2)cc1C. The minimum atomic E-state index is -0.288. The number of carbonyl (C=O) groups excluding carboxylic acids is 1. The fourth-order valence-corrected chi connectivity index (χ4v) is 1.70. The lowest BCUT2D eigenvalue weighted by atomic mass is 10.1. The molecular weight excluding hydrogens is 252 g/mol. The molecule has 0 atom stereocenters. The second-order valence-corrected chi connectivity index (χ2v) is 4.53. The topological polar surface area (TPSA) is 50.4 Å². The summed E-state index contributed by atoms with van der Waals surface area (Å²) < 4.78 is 5.39. The molecule has 4 heteroatoms. The summed E-state index contributed by atoms with van der Waals surface area (Å²) in [5.41, 5.74) is 3.11. The summed E-state index contributed by atoms with van der Waals surface area (Å²) in [5.74, 6) is 0.721. The zero-order valence-corrected chi connectivity index (χ0v) is 11.6. The van der Waals surface area contributed by atoms with Gasteiger partial charge in [-0.25, -0.2) is 4.79 Å². The van der Waals surface area contributed by atoms with Gasteiger partial charge in [-0.2, -0.15) is 0 Å². The molecule has 0 bridgehead atoms. The lowest BCUT2D eigenvalue weighted by Crippen LogP contribution is -2.32. The molecule has 0 saturated heterocycles. The molecule has 104 valence electrons. The number of hydrogen-bond donors (Lipinski definition) is 2. The zero-order valence-electron chi connectivity index (χ0n) is 11.6. The molecule has 0 fully saturated rings. The van der Waals surface area contributed by atoms with Crippen LogP contribution in [0.5, 0.6) is 5.75 Å².